The molecular weight excluding hydrogens is 258 g/mol. The lowest BCUT2D eigenvalue weighted by molar-refractivity contribution is 0.103. The SMILES string of the molecule is COCc1noc(CN2CCN(CC(C)(C)N)CC2)n1. The maximum atomic E-state index is 6.06. The molecule has 0 aromatic carbocycles. The Labute approximate surface area is 120 Å². The van der Waals surface area contributed by atoms with Crippen LogP contribution in [0.5, 0.6) is 0 Å². The van der Waals surface area contributed by atoms with Crippen molar-refractivity contribution in [3.8, 4) is 0 Å². The van der Waals surface area contributed by atoms with E-state index in [-0.39, 0.29) is 5.54 Å². The van der Waals surface area contributed by atoms with Crippen LogP contribution in [-0.4, -0.2) is 65.3 Å². The van der Waals surface area contributed by atoms with Crippen molar-refractivity contribution in [2.75, 3.05) is 39.8 Å². The smallest absolute Gasteiger partial charge is 0.240 e. The van der Waals surface area contributed by atoms with Gasteiger partial charge in [-0.25, -0.2) is 0 Å². The molecule has 2 N–H and O–H groups in total. The summed E-state index contributed by atoms with van der Waals surface area (Å²) in [6.45, 7) is 10.2. The lowest BCUT2D eigenvalue weighted by Gasteiger charge is -2.37. The molecule has 1 aromatic rings. The zero-order valence-corrected chi connectivity index (χ0v) is 12.6. The number of nitrogens with zero attached hydrogens (tertiary/aromatic N) is 4. The molecular formula is C13H25N5O2. The number of ether oxygens (including phenoxy) is 1. The molecule has 0 spiro atoms. The minimum atomic E-state index is -0.135. The van der Waals surface area contributed by atoms with Gasteiger partial charge in [-0.3, -0.25) is 9.80 Å². The Morgan fingerprint density at radius 2 is 1.90 bits per heavy atom. The number of methoxy groups -OCH3 is 1. The van der Waals surface area contributed by atoms with E-state index in [0.29, 0.717) is 24.9 Å². The van der Waals surface area contributed by atoms with Crippen LogP contribution in [0, 0.1) is 0 Å². The minimum Gasteiger partial charge on any atom is -0.377 e. The van der Waals surface area contributed by atoms with Gasteiger partial charge in [0.25, 0.3) is 0 Å². The monoisotopic (exact) mass is 283 g/mol. The fourth-order valence-electron chi connectivity index (χ4n) is 2.42. The van der Waals surface area contributed by atoms with Gasteiger partial charge in [0, 0.05) is 45.4 Å². The molecule has 1 fully saturated rings. The highest BCUT2D eigenvalue weighted by molar-refractivity contribution is 4.87. The molecule has 20 heavy (non-hydrogen) atoms. The number of aromatic nitrogens is 2. The minimum absolute atomic E-state index is 0.135. The van der Waals surface area contributed by atoms with Crippen LogP contribution in [0.15, 0.2) is 4.52 Å². The maximum Gasteiger partial charge on any atom is 0.240 e. The normalized spacial score (nSPS) is 18.6. The van der Waals surface area contributed by atoms with Gasteiger partial charge in [-0.15, -0.1) is 0 Å². The molecule has 1 aliphatic heterocycles. The summed E-state index contributed by atoms with van der Waals surface area (Å²) in [6, 6.07) is 0. The summed E-state index contributed by atoms with van der Waals surface area (Å²) >= 11 is 0. The number of hydrogen-bond donors (Lipinski definition) is 1. The Balaban J connectivity index is 1.76. The first-order valence-electron chi connectivity index (χ1n) is 7.00. The van der Waals surface area contributed by atoms with Gasteiger partial charge in [0.15, 0.2) is 5.82 Å². The standard InChI is InChI=1S/C13H25N5O2/c1-13(2,14)10-18-6-4-17(5-7-18)8-12-15-11(9-19-3)16-20-12/h4-10,14H2,1-3H3. The maximum absolute atomic E-state index is 6.06. The topological polar surface area (TPSA) is 80.7 Å². The molecule has 7 nitrogen and oxygen atoms in total. The van der Waals surface area contributed by atoms with Gasteiger partial charge in [0.2, 0.25) is 5.89 Å². The van der Waals surface area contributed by atoms with E-state index in [1.165, 1.54) is 0 Å². The second-order valence-corrected chi connectivity index (χ2v) is 6.08. The number of hydrogen-bond acceptors (Lipinski definition) is 7. The average molecular weight is 283 g/mol. The molecule has 0 saturated carbocycles. The lowest BCUT2D eigenvalue weighted by Crippen LogP contribution is -2.52. The molecule has 114 valence electrons. The van der Waals surface area contributed by atoms with Crippen molar-refractivity contribution >= 4 is 0 Å². The van der Waals surface area contributed by atoms with Crippen molar-refractivity contribution in [1.29, 1.82) is 0 Å². The Kier molecular flexibility index (Phi) is 5.09. The molecule has 7 heteroatoms. The highest BCUT2D eigenvalue weighted by atomic mass is 16.5. The van der Waals surface area contributed by atoms with E-state index in [2.05, 4.69) is 33.8 Å². The van der Waals surface area contributed by atoms with Crippen molar-refractivity contribution in [1.82, 2.24) is 19.9 Å². The summed E-state index contributed by atoms with van der Waals surface area (Å²) < 4.78 is 10.2. The third-order valence-corrected chi connectivity index (χ3v) is 3.24. The fourth-order valence-corrected chi connectivity index (χ4v) is 2.42. The Morgan fingerprint density at radius 1 is 1.25 bits per heavy atom. The predicted molar refractivity (Wildman–Crippen MR) is 75.0 cm³/mol. The first-order valence-corrected chi connectivity index (χ1v) is 7.00. The van der Waals surface area contributed by atoms with Crippen molar-refractivity contribution in [2.45, 2.75) is 32.5 Å². The van der Waals surface area contributed by atoms with Crippen LogP contribution in [0.1, 0.15) is 25.6 Å². The van der Waals surface area contributed by atoms with E-state index in [0.717, 1.165) is 32.7 Å². The summed E-state index contributed by atoms with van der Waals surface area (Å²) in [6.07, 6.45) is 0. The Morgan fingerprint density at radius 3 is 2.50 bits per heavy atom. The summed E-state index contributed by atoms with van der Waals surface area (Å²) in [5.74, 6) is 1.26. The highest BCUT2D eigenvalue weighted by Crippen LogP contribution is 2.10. The van der Waals surface area contributed by atoms with E-state index < -0.39 is 0 Å². The van der Waals surface area contributed by atoms with Gasteiger partial charge in [0.05, 0.1) is 6.54 Å². The summed E-state index contributed by atoms with van der Waals surface area (Å²) in [4.78, 5) is 9.02. The summed E-state index contributed by atoms with van der Waals surface area (Å²) in [7, 11) is 1.62. The van der Waals surface area contributed by atoms with Gasteiger partial charge in [-0.2, -0.15) is 4.98 Å². The second kappa shape index (κ2) is 6.62. The van der Waals surface area contributed by atoms with Gasteiger partial charge in [-0.05, 0) is 13.8 Å². The summed E-state index contributed by atoms with van der Waals surface area (Å²) in [5.41, 5.74) is 5.92. The highest BCUT2D eigenvalue weighted by Gasteiger charge is 2.22. The van der Waals surface area contributed by atoms with Crippen molar-refractivity contribution in [3.05, 3.63) is 11.7 Å². The average Bonchev–Trinajstić information content (AvgIpc) is 2.78. The Hall–Kier alpha value is -1.02. The Bertz CT molecular complexity index is 407. The van der Waals surface area contributed by atoms with E-state index in [1.807, 2.05) is 0 Å². The van der Waals surface area contributed by atoms with E-state index in [1.54, 1.807) is 7.11 Å². The summed E-state index contributed by atoms with van der Waals surface area (Å²) in [5, 5.41) is 3.87. The lowest BCUT2D eigenvalue weighted by atomic mass is 10.1. The largest absolute Gasteiger partial charge is 0.377 e. The van der Waals surface area contributed by atoms with E-state index >= 15 is 0 Å². The molecule has 0 aliphatic carbocycles. The van der Waals surface area contributed by atoms with Crippen LogP contribution in [-0.2, 0) is 17.9 Å². The molecule has 0 atom stereocenters. The molecule has 0 amide bonds. The first kappa shape index (κ1) is 15.4. The number of nitrogens with two attached hydrogens (primary N) is 1. The number of piperazine rings is 1. The second-order valence-electron chi connectivity index (χ2n) is 6.08. The molecule has 1 aromatic heterocycles. The van der Waals surface area contributed by atoms with Gasteiger partial charge in [-0.1, -0.05) is 5.16 Å². The van der Waals surface area contributed by atoms with E-state index in [9.17, 15) is 0 Å². The van der Waals surface area contributed by atoms with Crippen LogP contribution in [0.2, 0.25) is 0 Å². The van der Waals surface area contributed by atoms with Crippen molar-refractivity contribution in [2.24, 2.45) is 5.73 Å². The quantitative estimate of drug-likeness (QED) is 0.791. The fraction of sp³-hybridized carbons (Fsp3) is 0.846. The predicted octanol–water partition coefficient (Wildman–Crippen LogP) is 0.0709. The third kappa shape index (κ3) is 4.82. The molecule has 2 heterocycles. The molecule has 2 rings (SSSR count). The van der Waals surface area contributed by atoms with E-state index in [4.69, 9.17) is 15.0 Å². The van der Waals surface area contributed by atoms with Crippen LogP contribution in [0.25, 0.3) is 0 Å². The van der Waals surface area contributed by atoms with Crippen LogP contribution in [0.3, 0.4) is 0 Å². The molecule has 0 radical (unpaired) electrons. The first-order chi connectivity index (χ1) is 9.46. The van der Waals surface area contributed by atoms with Crippen LogP contribution < -0.4 is 5.73 Å². The van der Waals surface area contributed by atoms with Crippen molar-refractivity contribution < 1.29 is 9.26 Å². The van der Waals surface area contributed by atoms with Crippen molar-refractivity contribution in [3.63, 3.8) is 0 Å². The van der Waals surface area contributed by atoms with Gasteiger partial charge < -0.3 is 15.0 Å². The molecule has 1 saturated heterocycles. The van der Waals surface area contributed by atoms with Gasteiger partial charge >= 0.3 is 0 Å². The third-order valence-electron chi connectivity index (χ3n) is 3.24. The molecule has 0 bridgehead atoms. The molecule has 0 unspecified atom stereocenters. The van der Waals surface area contributed by atoms with Gasteiger partial charge in [0.1, 0.15) is 6.61 Å². The number of rotatable bonds is 6. The zero-order chi connectivity index (χ0) is 14.6. The molecule has 1 aliphatic rings. The van der Waals surface area contributed by atoms with Crippen LogP contribution >= 0.6 is 0 Å². The van der Waals surface area contributed by atoms with Crippen LogP contribution in [0.4, 0.5) is 0 Å². The zero-order valence-electron chi connectivity index (χ0n) is 12.6.